The van der Waals surface area contributed by atoms with Crippen LogP contribution in [0, 0.1) is 13.8 Å². The molecule has 0 unspecified atom stereocenters. The fraction of sp³-hybridized carbons (Fsp3) is 0.0345. The van der Waals surface area contributed by atoms with Crippen LogP contribution in [0.5, 0.6) is 0 Å². The highest BCUT2D eigenvalue weighted by molar-refractivity contribution is 6.10. The van der Waals surface area contributed by atoms with Gasteiger partial charge >= 0.3 is 0 Å². The van der Waals surface area contributed by atoms with E-state index >= 15 is 0 Å². The van der Waals surface area contributed by atoms with Gasteiger partial charge in [0, 0.05) is 44.0 Å². The summed E-state index contributed by atoms with van der Waals surface area (Å²) in [5.41, 5.74) is 19.9. The number of para-hydroxylation sites is 6. The van der Waals surface area contributed by atoms with E-state index in [9.17, 15) is 0 Å². The summed E-state index contributed by atoms with van der Waals surface area (Å²) in [5.74, 6) is 0. The second-order valence-corrected chi connectivity index (χ2v) is 16.3. The van der Waals surface area contributed by atoms with Gasteiger partial charge in [0.25, 0.3) is 0 Å². The topological polar surface area (TPSA) is 35.6 Å². The highest BCUT2D eigenvalue weighted by Crippen LogP contribution is 2.38. The zero-order valence-corrected chi connectivity index (χ0v) is 34.4. The Kier molecular flexibility index (Phi) is 8.26. The number of hydrogen-bond donors (Lipinski definition) is 0. The molecule has 0 bridgehead atoms. The molecule has 3 heterocycles. The molecule has 9 aromatic carbocycles. The Morgan fingerprint density at radius 2 is 0.581 bits per heavy atom. The molecule has 0 aliphatic carbocycles. The maximum absolute atomic E-state index is 5.23. The minimum Gasteiger partial charge on any atom is -0.309 e. The average molecular weight is 793 g/mol. The van der Waals surface area contributed by atoms with E-state index in [0.717, 1.165) is 44.7 Å². The van der Waals surface area contributed by atoms with Gasteiger partial charge in [-0.2, -0.15) is 0 Å². The van der Waals surface area contributed by atoms with Gasteiger partial charge in [0.15, 0.2) is 0 Å². The number of aromatic nitrogens is 4. The molecule has 292 valence electrons. The van der Waals surface area contributed by atoms with Gasteiger partial charge in [-0.15, -0.1) is 0 Å². The second-order valence-electron chi connectivity index (χ2n) is 16.3. The first-order chi connectivity index (χ1) is 30.6. The fourth-order valence-electron chi connectivity index (χ4n) is 9.58. The van der Waals surface area contributed by atoms with E-state index in [-0.39, 0.29) is 0 Å². The molecule has 0 aliphatic rings. The van der Waals surface area contributed by atoms with Crippen molar-refractivity contribution >= 4 is 54.6 Å². The lowest BCUT2D eigenvalue weighted by atomic mass is 9.97. The molecular weight excluding hydrogens is 753 g/mol. The number of rotatable bonds is 6. The van der Waals surface area contributed by atoms with E-state index in [2.05, 4.69) is 205 Å². The summed E-state index contributed by atoms with van der Waals surface area (Å²) in [6, 6.07) is 74.0. The summed E-state index contributed by atoms with van der Waals surface area (Å²) in [4.78, 5) is 10.5. The highest BCUT2D eigenvalue weighted by Gasteiger charge is 2.18. The Hall–Kier alpha value is -8.08. The van der Waals surface area contributed by atoms with E-state index in [1.165, 1.54) is 77.2 Å². The van der Waals surface area contributed by atoms with Gasteiger partial charge in [-0.05, 0) is 108 Å². The lowest BCUT2D eigenvalue weighted by Gasteiger charge is -2.14. The van der Waals surface area contributed by atoms with Crippen molar-refractivity contribution in [2.24, 2.45) is 0 Å². The maximum Gasteiger partial charge on any atom is 0.0973 e. The summed E-state index contributed by atoms with van der Waals surface area (Å²) in [6.45, 7) is 4.42. The second kappa shape index (κ2) is 14.3. The first-order valence-electron chi connectivity index (χ1n) is 21.2. The van der Waals surface area contributed by atoms with Gasteiger partial charge in [-0.25, -0.2) is 9.97 Å². The van der Waals surface area contributed by atoms with Crippen LogP contribution in [0.1, 0.15) is 11.1 Å². The Morgan fingerprint density at radius 3 is 0.919 bits per heavy atom. The lowest BCUT2D eigenvalue weighted by Crippen LogP contribution is -1.97. The van der Waals surface area contributed by atoms with Crippen LogP contribution in [-0.2, 0) is 0 Å². The third kappa shape index (κ3) is 5.76. The van der Waals surface area contributed by atoms with Crippen LogP contribution in [0.4, 0.5) is 0 Å². The molecule has 0 saturated heterocycles. The van der Waals surface area contributed by atoms with Gasteiger partial charge in [0.2, 0.25) is 0 Å². The summed E-state index contributed by atoms with van der Waals surface area (Å²) < 4.78 is 4.79. The summed E-state index contributed by atoms with van der Waals surface area (Å²) in [6.07, 6.45) is 0. The van der Waals surface area contributed by atoms with E-state index in [0.29, 0.717) is 0 Å². The van der Waals surface area contributed by atoms with E-state index in [1.807, 2.05) is 24.3 Å². The third-order valence-electron chi connectivity index (χ3n) is 12.6. The van der Waals surface area contributed by atoms with Crippen molar-refractivity contribution in [1.82, 2.24) is 19.1 Å². The quantitative estimate of drug-likeness (QED) is 0.168. The van der Waals surface area contributed by atoms with E-state index < -0.39 is 0 Å². The molecule has 0 N–H and O–H groups in total. The molecule has 0 spiro atoms. The van der Waals surface area contributed by atoms with E-state index in [4.69, 9.17) is 9.97 Å². The minimum atomic E-state index is 0.868. The van der Waals surface area contributed by atoms with Crippen molar-refractivity contribution in [2.45, 2.75) is 13.8 Å². The molecule has 4 heteroatoms. The van der Waals surface area contributed by atoms with Crippen LogP contribution in [0.3, 0.4) is 0 Å². The number of benzene rings is 9. The fourth-order valence-corrected chi connectivity index (χ4v) is 9.58. The molecule has 12 rings (SSSR count). The van der Waals surface area contributed by atoms with Crippen LogP contribution >= 0.6 is 0 Å². The van der Waals surface area contributed by atoms with Crippen molar-refractivity contribution in [3.8, 4) is 56.1 Å². The van der Waals surface area contributed by atoms with Crippen molar-refractivity contribution in [1.29, 1.82) is 0 Å². The van der Waals surface area contributed by atoms with Crippen LogP contribution < -0.4 is 0 Å². The van der Waals surface area contributed by atoms with Gasteiger partial charge in [0.1, 0.15) is 0 Å². The molecule has 62 heavy (non-hydrogen) atoms. The number of nitrogens with zero attached hydrogens (tertiary/aromatic N) is 4. The van der Waals surface area contributed by atoms with Crippen LogP contribution in [0.2, 0.25) is 0 Å². The van der Waals surface area contributed by atoms with Crippen LogP contribution in [0.25, 0.3) is 111 Å². The van der Waals surface area contributed by atoms with Crippen molar-refractivity contribution in [3.63, 3.8) is 0 Å². The monoisotopic (exact) mass is 792 g/mol. The standard InChI is InChI=1S/C58H40N4/c1-37-35-43(31-33-51(37)61-53-19-9-3-13-45(53)46-14-4-10-20-54(46)61)39-23-27-41(28-24-39)57-58(60-50-18-8-7-17-49(50)59-57)42-29-25-40(26-30-42)44-32-34-52(38(2)36-44)62-55-21-11-5-15-47(55)48-16-6-12-22-56(48)62/h3-36H,1-2H3. The SMILES string of the molecule is Cc1cc(-c2ccc(-c3nc4ccccc4nc3-c3ccc(-c4ccc(-n5c6ccccc6c6ccccc65)c(C)c4)cc3)cc2)ccc1-n1c2ccccc2c2ccccc21. The molecule has 3 aromatic heterocycles. The first kappa shape index (κ1) is 35.8. The largest absolute Gasteiger partial charge is 0.309 e. The van der Waals surface area contributed by atoms with Gasteiger partial charge < -0.3 is 9.13 Å². The van der Waals surface area contributed by atoms with Crippen LogP contribution in [0.15, 0.2) is 206 Å². The summed E-state index contributed by atoms with van der Waals surface area (Å²) in [7, 11) is 0. The normalized spacial score (nSPS) is 11.7. The molecule has 12 aromatic rings. The smallest absolute Gasteiger partial charge is 0.0973 e. The third-order valence-corrected chi connectivity index (χ3v) is 12.6. The zero-order chi connectivity index (χ0) is 41.3. The zero-order valence-electron chi connectivity index (χ0n) is 34.4. The van der Waals surface area contributed by atoms with Gasteiger partial charge in [0.05, 0.1) is 44.5 Å². The number of fused-ring (bicyclic) bond motifs is 7. The van der Waals surface area contributed by atoms with Crippen LogP contribution in [-0.4, -0.2) is 19.1 Å². The summed E-state index contributed by atoms with van der Waals surface area (Å²) >= 11 is 0. The highest BCUT2D eigenvalue weighted by atomic mass is 15.0. The average Bonchev–Trinajstić information content (AvgIpc) is 3.84. The number of aryl methyl sites for hydroxylation is 2. The molecule has 0 aliphatic heterocycles. The molecule has 0 fully saturated rings. The van der Waals surface area contributed by atoms with Gasteiger partial charge in [-0.1, -0.05) is 146 Å². The molecule has 0 radical (unpaired) electrons. The molecular formula is C58H40N4. The molecule has 4 nitrogen and oxygen atoms in total. The predicted molar refractivity (Wildman–Crippen MR) is 259 cm³/mol. The Labute approximate surface area is 359 Å². The lowest BCUT2D eigenvalue weighted by molar-refractivity contribution is 1.15. The van der Waals surface area contributed by atoms with Crippen molar-refractivity contribution in [3.05, 3.63) is 217 Å². The molecule has 0 amide bonds. The predicted octanol–water partition coefficient (Wildman–Crippen LogP) is 15.1. The molecule has 0 saturated carbocycles. The Balaban J connectivity index is 0.874. The van der Waals surface area contributed by atoms with Crippen molar-refractivity contribution in [2.75, 3.05) is 0 Å². The maximum atomic E-state index is 5.23. The Morgan fingerprint density at radius 1 is 0.290 bits per heavy atom. The minimum absolute atomic E-state index is 0.868. The van der Waals surface area contributed by atoms with Gasteiger partial charge in [-0.3, -0.25) is 0 Å². The van der Waals surface area contributed by atoms with E-state index in [1.54, 1.807) is 0 Å². The number of hydrogen-bond acceptors (Lipinski definition) is 2. The van der Waals surface area contributed by atoms with Crippen molar-refractivity contribution < 1.29 is 0 Å². The summed E-state index contributed by atoms with van der Waals surface area (Å²) in [5, 5.41) is 5.08. The Bertz CT molecular complexity index is 3350. The first-order valence-corrected chi connectivity index (χ1v) is 21.2. The molecule has 0 atom stereocenters.